The molecule has 0 fully saturated rings. The fraction of sp³-hybridized carbons (Fsp3) is 0.130. The highest BCUT2D eigenvalue weighted by Crippen LogP contribution is 2.34. The second-order valence-electron chi connectivity index (χ2n) is 6.67. The Balaban J connectivity index is 2.15. The molecule has 29 heavy (non-hydrogen) atoms. The summed E-state index contributed by atoms with van der Waals surface area (Å²) in [5, 5.41) is 0.996. The van der Waals surface area contributed by atoms with Crippen LogP contribution in [0.5, 0.6) is 0 Å². The van der Waals surface area contributed by atoms with Gasteiger partial charge in [0.25, 0.3) is 5.91 Å². The molecule has 3 aromatic carbocycles. The molecule has 0 aliphatic rings. The van der Waals surface area contributed by atoms with Crippen molar-refractivity contribution >= 4 is 35.0 Å². The van der Waals surface area contributed by atoms with Crippen LogP contribution in [-0.2, 0) is 4.79 Å². The van der Waals surface area contributed by atoms with Crippen LogP contribution in [0.3, 0.4) is 0 Å². The van der Waals surface area contributed by atoms with Gasteiger partial charge in [0.2, 0.25) is 5.91 Å². The molecule has 0 unspecified atom stereocenters. The zero-order valence-electron chi connectivity index (χ0n) is 15.8. The molecule has 0 heterocycles. The number of halogens is 2. The van der Waals surface area contributed by atoms with Crippen molar-refractivity contribution in [2.24, 2.45) is 5.73 Å². The van der Waals surface area contributed by atoms with Crippen molar-refractivity contribution in [3.8, 4) is 0 Å². The predicted molar refractivity (Wildman–Crippen MR) is 116 cm³/mol. The van der Waals surface area contributed by atoms with Crippen molar-refractivity contribution in [3.63, 3.8) is 0 Å². The molecule has 3 rings (SSSR count). The maximum absolute atomic E-state index is 13.5. The molecule has 0 spiro atoms. The highest BCUT2D eigenvalue weighted by Gasteiger charge is 2.34. The first kappa shape index (κ1) is 20.9. The van der Waals surface area contributed by atoms with Gasteiger partial charge in [-0.1, -0.05) is 65.7 Å². The van der Waals surface area contributed by atoms with Crippen LogP contribution in [0.1, 0.15) is 40.5 Å². The number of primary amides is 1. The van der Waals surface area contributed by atoms with Gasteiger partial charge in [-0.15, -0.1) is 0 Å². The molecule has 0 bridgehead atoms. The van der Waals surface area contributed by atoms with Gasteiger partial charge in [0, 0.05) is 15.6 Å². The first-order valence-electron chi connectivity index (χ1n) is 9.06. The third kappa shape index (κ3) is 4.78. The molecule has 2 atom stereocenters. The number of rotatable bonds is 6. The number of hydrogen-bond donors (Lipinski definition) is 1. The van der Waals surface area contributed by atoms with Crippen molar-refractivity contribution in [2.45, 2.75) is 19.0 Å². The van der Waals surface area contributed by atoms with Gasteiger partial charge in [-0.2, -0.15) is 0 Å². The van der Waals surface area contributed by atoms with E-state index in [1.54, 1.807) is 66.7 Å². The quantitative estimate of drug-likeness (QED) is 0.571. The minimum atomic E-state index is -1.00. The van der Waals surface area contributed by atoms with Gasteiger partial charge >= 0.3 is 0 Å². The molecular formula is C23H20Cl2N2O2. The zero-order valence-corrected chi connectivity index (χ0v) is 17.3. The molecule has 0 saturated heterocycles. The maximum atomic E-state index is 13.5. The van der Waals surface area contributed by atoms with E-state index in [1.807, 2.05) is 19.1 Å². The van der Waals surface area contributed by atoms with E-state index >= 15 is 0 Å². The molecule has 0 aliphatic carbocycles. The first-order chi connectivity index (χ1) is 13.9. The Kier molecular flexibility index (Phi) is 6.57. The number of carbonyl (C=O) groups is 2. The Morgan fingerprint density at radius 3 is 1.93 bits per heavy atom. The highest BCUT2D eigenvalue weighted by molar-refractivity contribution is 6.31. The van der Waals surface area contributed by atoms with Gasteiger partial charge in [0.1, 0.15) is 6.04 Å². The maximum Gasteiger partial charge on any atom is 0.255 e. The summed E-state index contributed by atoms with van der Waals surface area (Å²) in [6.07, 6.45) is 0. The molecule has 2 amide bonds. The summed E-state index contributed by atoms with van der Waals surface area (Å²) in [7, 11) is 0. The van der Waals surface area contributed by atoms with Crippen LogP contribution in [0.15, 0.2) is 78.9 Å². The summed E-state index contributed by atoms with van der Waals surface area (Å²) in [4.78, 5) is 27.5. The van der Waals surface area contributed by atoms with E-state index in [1.165, 1.54) is 4.90 Å². The Bertz CT molecular complexity index is 1020. The van der Waals surface area contributed by atoms with Crippen molar-refractivity contribution in [1.29, 1.82) is 0 Å². The van der Waals surface area contributed by atoms with E-state index < -0.39 is 18.0 Å². The molecule has 148 valence electrons. The lowest BCUT2D eigenvalue weighted by Gasteiger charge is -2.35. The van der Waals surface area contributed by atoms with Crippen molar-refractivity contribution < 1.29 is 9.59 Å². The third-order valence-corrected chi connectivity index (χ3v) is 5.19. The standard InChI is InChI=1S/C23H20Cl2N2O2/c1-15(17-9-5-11-19(24)13-17)27(23(29)16-7-3-2-4-8-16)21(22(26)28)18-10-6-12-20(25)14-18/h2-15,21H,1H3,(H2,26,28)/t15-,21+/m1/s1. The molecule has 3 aromatic rings. The summed E-state index contributed by atoms with van der Waals surface area (Å²) >= 11 is 12.3. The van der Waals surface area contributed by atoms with E-state index in [0.717, 1.165) is 5.56 Å². The minimum Gasteiger partial charge on any atom is -0.368 e. The molecule has 2 N–H and O–H groups in total. The monoisotopic (exact) mass is 426 g/mol. The molecule has 0 aliphatic heterocycles. The zero-order chi connectivity index (χ0) is 21.0. The average Bonchev–Trinajstić information content (AvgIpc) is 2.71. The SMILES string of the molecule is C[C@H](c1cccc(Cl)c1)N(C(=O)c1ccccc1)[C@H](C(N)=O)c1cccc(Cl)c1. The van der Waals surface area contributed by atoms with Crippen LogP contribution in [0, 0.1) is 0 Å². The number of amides is 2. The van der Waals surface area contributed by atoms with Crippen molar-refractivity contribution in [3.05, 3.63) is 106 Å². The van der Waals surface area contributed by atoms with E-state index in [4.69, 9.17) is 28.9 Å². The Morgan fingerprint density at radius 1 is 0.828 bits per heavy atom. The third-order valence-electron chi connectivity index (χ3n) is 4.72. The smallest absolute Gasteiger partial charge is 0.255 e. The van der Waals surface area contributed by atoms with Crippen LogP contribution in [0.2, 0.25) is 10.0 Å². The van der Waals surface area contributed by atoms with Gasteiger partial charge in [0.15, 0.2) is 0 Å². The van der Waals surface area contributed by atoms with Crippen molar-refractivity contribution in [1.82, 2.24) is 4.90 Å². The number of nitrogens with zero attached hydrogens (tertiary/aromatic N) is 1. The summed E-state index contributed by atoms with van der Waals surface area (Å²) in [5.41, 5.74) is 7.56. The normalized spacial score (nSPS) is 12.8. The Morgan fingerprint density at radius 2 is 1.38 bits per heavy atom. The Labute approximate surface area is 179 Å². The largest absolute Gasteiger partial charge is 0.368 e. The van der Waals surface area contributed by atoms with E-state index in [0.29, 0.717) is 21.2 Å². The van der Waals surface area contributed by atoms with Gasteiger partial charge in [-0.3, -0.25) is 9.59 Å². The van der Waals surface area contributed by atoms with Gasteiger partial charge in [0.05, 0.1) is 6.04 Å². The van der Waals surface area contributed by atoms with E-state index in [9.17, 15) is 9.59 Å². The number of carbonyl (C=O) groups excluding carboxylic acids is 2. The first-order valence-corrected chi connectivity index (χ1v) is 9.82. The molecular weight excluding hydrogens is 407 g/mol. The van der Waals surface area contributed by atoms with E-state index in [2.05, 4.69) is 0 Å². The van der Waals surface area contributed by atoms with Crippen LogP contribution in [-0.4, -0.2) is 16.7 Å². The molecule has 6 heteroatoms. The number of hydrogen-bond acceptors (Lipinski definition) is 2. The fourth-order valence-corrected chi connectivity index (χ4v) is 3.71. The summed E-state index contributed by atoms with van der Waals surface area (Å²) in [6, 6.07) is 21.3. The minimum absolute atomic E-state index is 0.318. The summed E-state index contributed by atoms with van der Waals surface area (Å²) in [6.45, 7) is 1.84. The topological polar surface area (TPSA) is 63.4 Å². The van der Waals surface area contributed by atoms with Crippen LogP contribution >= 0.6 is 23.2 Å². The van der Waals surface area contributed by atoms with Crippen LogP contribution in [0.4, 0.5) is 0 Å². The van der Waals surface area contributed by atoms with Gasteiger partial charge in [-0.25, -0.2) is 0 Å². The lowest BCUT2D eigenvalue weighted by molar-refractivity contribution is -0.123. The van der Waals surface area contributed by atoms with Gasteiger partial charge in [-0.05, 0) is 54.4 Å². The molecule has 0 aromatic heterocycles. The summed E-state index contributed by atoms with van der Waals surface area (Å²) in [5.74, 6) is -0.965. The molecule has 0 saturated carbocycles. The van der Waals surface area contributed by atoms with Crippen LogP contribution < -0.4 is 5.73 Å². The highest BCUT2D eigenvalue weighted by atomic mass is 35.5. The van der Waals surface area contributed by atoms with Crippen LogP contribution in [0.25, 0.3) is 0 Å². The molecule has 4 nitrogen and oxygen atoms in total. The Hall–Kier alpha value is -2.82. The number of nitrogens with two attached hydrogens (primary N) is 1. The van der Waals surface area contributed by atoms with Gasteiger partial charge < -0.3 is 10.6 Å². The lowest BCUT2D eigenvalue weighted by atomic mass is 9.98. The predicted octanol–water partition coefficient (Wildman–Crippen LogP) is 5.42. The number of benzene rings is 3. The van der Waals surface area contributed by atoms with E-state index in [-0.39, 0.29) is 5.91 Å². The fourth-order valence-electron chi connectivity index (χ4n) is 3.31. The second kappa shape index (κ2) is 9.12. The lowest BCUT2D eigenvalue weighted by Crippen LogP contribution is -2.43. The van der Waals surface area contributed by atoms with Crippen molar-refractivity contribution in [2.75, 3.05) is 0 Å². The second-order valence-corrected chi connectivity index (χ2v) is 7.54. The molecule has 0 radical (unpaired) electrons. The average molecular weight is 427 g/mol. The summed E-state index contributed by atoms with van der Waals surface area (Å²) < 4.78 is 0.